The Labute approximate surface area is 93.9 Å². The van der Waals surface area contributed by atoms with E-state index >= 15 is 0 Å². The van der Waals surface area contributed by atoms with Gasteiger partial charge in [0.25, 0.3) is 0 Å². The zero-order valence-corrected chi connectivity index (χ0v) is 9.23. The number of hydrogen-bond acceptors (Lipinski definition) is 4. The lowest BCUT2D eigenvalue weighted by Crippen LogP contribution is -2.08. The van der Waals surface area contributed by atoms with E-state index < -0.39 is 0 Å². The van der Waals surface area contributed by atoms with Crippen molar-refractivity contribution in [3.8, 4) is 6.07 Å². The van der Waals surface area contributed by atoms with Gasteiger partial charge in [0.05, 0.1) is 16.8 Å². The summed E-state index contributed by atoms with van der Waals surface area (Å²) in [5.74, 6) is 0. The first-order valence-corrected chi connectivity index (χ1v) is 4.89. The van der Waals surface area contributed by atoms with Crippen molar-refractivity contribution in [3.63, 3.8) is 0 Å². The third-order valence-electron chi connectivity index (χ3n) is 2.53. The Hall–Kier alpha value is -2.28. The van der Waals surface area contributed by atoms with Crippen molar-refractivity contribution in [1.82, 2.24) is 4.98 Å². The molecule has 0 unspecified atom stereocenters. The largest absolute Gasteiger partial charge is 0.397 e. The fraction of sp³-hybridized carbons (Fsp3) is 0.167. The highest BCUT2D eigenvalue weighted by Crippen LogP contribution is 2.26. The summed E-state index contributed by atoms with van der Waals surface area (Å²) in [6.07, 6.45) is 1.51. The molecule has 0 spiro atoms. The first kappa shape index (κ1) is 10.2. The van der Waals surface area contributed by atoms with Gasteiger partial charge in [-0.05, 0) is 18.2 Å². The van der Waals surface area contributed by atoms with Crippen LogP contribution in [0, 0.1) is 11.3 Å². The van der Waals surface area contributed by atoms with E-state index in [0.29, 0.717) is 11.3 Å². The average Bonchev–Trinajstić information content (AvgIpc) is 2.29. The quantitative estimate of drug-likeness (QED) is 0.782. The summed E-state index contributed by atoms with van der Waals surface area (Å²) in [5.41, 5.74) is 8.68. The Balaban J connectivity index is 2.75. The average molecular weight is 212 g/mol. The van der Waals surface area contributed by atoms with Crippen LogP contribution in [0.3, 0.4) is 0 Å². The fourth-order valence-electron chi connectivity index (χ4n) is 1.57. The van der Waals surface area contributed by atoms with Gasteiger partial charge in [0, 0.05) is 31.4 Å². The van der Waals surface area contributed by atoms with Crippen LogP contribution in [0.15, 0.2) is 24.4 Å². The number of anilines is 2. The predicted molar refractivity (Wildman–Crippen MR) is 65.2 cm³/mol. The first-order chi connectivity index (χ1) is 7.63. The maximum absolute atomic E-state index is 8.88. The van der Waals surface area contributed by atoms with Crippen LogP contribution in [0.25, 0.3) is 10.9 Å². The lowest BCUT2D eigenvalue weighted by atomic mass is 10.1. The molecule has 80 valence electrons. The van der Waals surface area contributed by atoms with Crippen molar-refractivity contribution < 1.29 is 0 Å². The van der Waals surface area contributed by atoms with Crippen molar-refractivity contribution in [2.75, 3.05) is 24.7 Å². The van der Waals surface area contributed by atoms with E-state index in [9.17, 15) is 0 Å². The maximum Gasteiger partial charge on any atom is 0.103 e. The first-order valence-electron chi connectivity index (χ1n) is 4.89. The van der Waals surface area contributed by atoms with Gasteiger partial charge in [0.1, 0.15) is 6.07 Å². The van der Waals surface area contributed by atoms with Gasteiger partial charge >= 0.3 is 0 Å². The number of nitrogen functional groups attached to an aromatic ring is 1. The summed E-state index contributed by atoms with van der Waals surface area (Å²) >= 11 is 0. The smallest absolute Gasteiger partial charge is 0.103 e. The van der Waals surface area contributed by atoms with Crippen LogP contribution in [0.2, 0.25) is 0 Å². The van der Waals surface area contributed by atoms with Gasteiger partial charge < -0.3 is 10.6 Å². The van der Waals surface area contributed by atoms with Crippen LogP contribution in [0.4, 0.5) is 11.4 Å². The van der Waals surface area contributed by atoms with Gasteiger partial charge in [0.15, 0.2) is 0 Å². The van der Waals surface area contributed by atoms with Gasteiger partial charge in [-0.25, -0.2) is 0 Å². The highest BCUT2D eigenvalue weighted by atomic mass is 15.1. The zero-order valence-electron chi connectivity index (χ0n) is 9.23. The van der Waals surface area contributed by atoms with Crippen molar-refractivity contribution >= 4 is 22.3 Å². The highest BCUT2D eigenvalue weighted by Gasteiger charge is 2.06. The topological polar surface area (TPSA) is 65.9 Å². The summed E-state index contributed by atoms with van der Waals surface area (Å²) in [6.45, 7) is 0. The molecular weight excluding hydrogens is 200 g/mol. The number of pyridine rings is 1. The number of nitriles is 1. The molecule has 2 N–H and O–H groups in total. The van der Waals surface area contributed by atoms with Gasteiger partial charge in [-0.1, -0.05) is 0 Å². The second-order valence-corrected chi connectivity index (χ2v) is 3.79. The fourth-order valence-corrected chi connectivity index (χ4v) is 1.57. The van der Waals surface area contributed by atoms with Crippen LogP contribution in [-0.4, -0.2) is 19.1 Å². The van der Waals surface area contributed by atoms with E-state index in [1.54, 1.807) is 0 Å². The third-order valence-corrected chi connectivity index (χ3v) is 2.53. The van der Waals surface area contributed by atoms with Crippen LogP contribution in [0.1, 0.15) is 5.56 Å². The molecule has 0 radical (unpaired) electrons. The Morgan fingerprint density at radius 2 is 2.12 bits per heavy atom. The minimum Gasteiger partial charge on any atom is -0.397 e. The number of nitrogens with two attached hydrogens (primary N) is 1. The SMILES string of the molecule is CN(C)c1ccc2ncc(C#N)c(N)c2c1. The maximum atomic E-state index is 8.88. The molecule has 0 aliphatic carbocycles. The molecule has 0 saturated heterocycles. The number of rotatable bonds is 1. The van der Waals surface area contributed by atoms with E-state index in [4.69, 9.17) is 11.0 Å². The molecule has 0 fully saturated rings. The molecule has 4 heteroatoms. The summed E-state index contributed by atoms with van der Waals surface area (Å²) < 4.78 is 0. The lowest BCUT2D eigenvalue weighted by molar-refractivity contribution is 1.13. The zero-order chi connectivity index (χ0) is 11.7. The molecular formula is C12H12N4. The van der Waals surface area contributed by atoms with Crippen molar-refractivity contribution in [3.05, 3.63) is 30.0 Å². The predicted octanol–water partition coefficient (Wildman–Crippen LogP) is 1.75. The minimum absolute atomic E-state index is 0.420. The Bertz CT molecular complexity index is 581. The summed E-state index contributed by atoms with van der Waals surface area (Å²) in [5, 5.41) is 9.70. The van der Waals surface area contributed by atoms with Crippen LogP contribution in [0.5, 0.6) is 0 Å². The molecule has 0 bridgehead atoms. The van der Waals surface area contributed by atoms with E-state index in [2.05, 4.69) is 4.98 Å². The number of benzene rings is 1. The van der Waals surface area contributed by atoms with Crippen molar-refractivity contribution in [2.45, 2.75) is 0 Å². The van der Waals surface area contributed by atoms with Crippen LogP contribution >= 0.6 is 0 Å². The minimum atomic E-state index is 0.420. The number of nitrogens with zero attached hydrogens (tertiary/aromatic N) is 3. The molecule has 4 nitrogen and oxygen atoms in total. The number of fused-ring (bicyclic) bond motifs is 1. The molecule has 0 saturated carbocycles. The molecule has 16 heavy (non-hydrogen) atoms. The monoisotopic (exact) mass is 212 g/mol. The number of aromatic nitrogens is 1. The van der Waals surface area contributed by atoms with E-state index in [-0.39, 0.29) is 0 Å². The molecule has 1 aromatic carbocycles. The molecule has 1 aromatic heterocycles. The molecule has 2 aromatic rings. The Morgan fingerprint density at radius 1 is 1.38 bits per heavy atom. The van der Waals surface area contributed by atoms with Crippen LogP contribution in [-0.2, 0) is 0 Å². The van der Waals surface area contributed by atoms with Gasteiger partial charge in [-0.15, -0.1) is 0 Å². The van der Waals surface area contributed by atoms with E-state index in [0.717, 1.165) is 16.6 Å². The Morgan fingerprint density at radius 3 is 2.75 bits per heavy atom. The second-order valence-electron chi connectivity index (χ2n) is 3.79. The van der Waals surface area contributed by atoms with Crippen LogP contribution < -0.4 is 10.6 Å². The molecule has 0 aliphatic rings. The third kappa shape index (κ3) is 1.52. The summed E-state index contributed by atoms with van der Waals surface area (Å²) in [7, 11) is 3.91. The number of hydrogen-bond donors (Lipinski definition) is 1. The summed E-state index contributed by atoms with van der Waals surface area (Å²) in [6, 6.07) is 7.86. The second kappa shape index (κ2) is 3.70. The highest BCUT2D eigenvalue weighted by molar-refractivity contribution is 5.94. The standard InChI is InChI=1S/C12H12N4/c1-16(2)9-3-4-11-10(5-9)12(14)8(6-13)7-15-11/h3-5,7H,1-2H3,(H2,14,15). The normalized spacial score (nSPS) is 10.1. The van der Waals surface area contributed by atoms with Crippen molar-refractivity contribution in [1.29, 1.82) is 5.26 Å². The van der Waals surface area contributed by atoms with E-state index in [1.165, 1.54) is 6.20 Å². The molecule has 2 rings (SSSR count). The van der Waals surface area contributed by atoms with Crippen molar-refractivity contribution in [2.24, 2.45) is 0 Å². The lowest BCUT2D eigenvalue weighted by Gasteiger charge is -2.13. The summed E-state index contributed by atoms with van der Waals surface area (Å²) in [4.78, 5) is 6.18. The van der Waals surface area contributed by atoms with Gasteiger partial charge in [-0.2, -0.15) is 5.26 Å². The molecule has 0 amide bonds. The molecule has 1 heterocycles. The molecule has 0 aliphatic heterocycles. The Kier molecular flexibility index (Phi) is 2.37. The molecule has 0 atom stereocenters. The van der Waals surface area contributed by atoms with Gasteiger partial charge in [-0.3, -0.25) is 4.98 Å². The van der Waals surface area contributed by atoms with Gasteiger partial charge in [0.2, 0.25) is 0 Å². The van der Waals surface area contributed by atoms with E-state index in [1.807, 2.05) is 43.3 Å².